The summed E-state index contributed by atoms with van der Waals surface area (Å²) in [6.07, 6.45) is 0. The molecule has 164 valence electrons. The van der Waals surface area contributed by atoms with Gasteiger partial charge in [-0.25, -0.2) is 4.99 Å². The van der Waals surface area contributed by atoms with Crippen molar-refractivity contribution in [3.63, 3.8) is 0 Å². The molecule has 0 saturated heterocycles. The van der Waals surface area contributed by atoms with Crippen molar-refractivity contribution >= 4 is 47.2 Å². The van der Waals surface area contributed by atoms with Crippen molar-refractivity contribution < 1.29 is 4.79 Å². The van der Waals surface area contributed by atoms with Crippen molar-refractivity contribution in [1.29, 1.82) is 0 Å². The fraction of sp³-hybridized carbons (Fsp3) is 0.250. The van der Waals surface area contributed by atoms with Gasteiger partial charge in [0.15, 0.2) is 5.96 Å². The lowest BCUT2D eigenvalue weighted by Gasteiger charge is -2.21. The minimum atomic E-state index is -0.0325. The Hall–Kier alpha value is -2.39. The minimum absolute atomic E-state index is 0. The molecule has 0 saturated carbocycles. The Morgan fingerprint density at radius 2 is 1.55 bits per heavy atom. The predicted octanol–water partition coefficient (Wildman–Crippen LogP) is 4.32. The number of guanidine groups is 1. The number of halogens is 1. The third kappa shape index (κ3) is 7.99. The molecule has 0 aliphatic rings. The Morgan fingerprint density at radius 3 is 2.06 bits per heavy atom. The quantitative estimate of drug-likeness (QED) is 0.251. The molecular weight excluding hydrogens is 519 g/mol. The summed E-state index contributed by atoms with van der Waals surface area (Å²) in [5.74, 6) is 0.774. The van der Waals surface area contributed by atoms with Gasteiger partial charge in [0.2, 0.25) is 5.91 Å². The molecule has 0 fully saturated rings. The number of nitrogens with one attached hydrogen (secondary N) is 2. The van der Waals surface area contributed by atoms with E-state index in [1.165, 1.54) is 16.0 Å². The van der Waals surface area contributed by atoms with E-state index in [1.54, 1.807) is 30.3 Å². The molecule has 1 heterocycles. The number of hydrogen-bond donors (Lipinski definition) is 2. The van der Waals surface area contributed by atoms with Crippen LogP contribution in [0.1, 0.15) is 21.9 Å². The molecule has 0 atom stereocenters. The molecule has 1 aromatic heterocycles. The molecule has 0 bridgehead atoms. The van der Waals surface area contributed by atoms with Crippen molar-refractivity contribution in [2.45, 2.75) is 12.5 Å². The number of thiophene rings is 1. The molecule has 3 aromatic rings. The first-order valence-electron chi connectivity index (χ1n) is 9.98. The topological polar surface area (TPSA) is 56.7 Å². The third-order valence-electron chi connectivity index (χ3n) is 4.76. The van der Waals surface area contributed by atoms with E-state index in [0.29, 0.717) is 19.0 Å². The van der Waals surface area contributed by atoms with Crippen LogP contribution in [-0.2, 0) is 11.3 Å². The molecule has 5 nitrogen and oxygen atoms in total. The molecule has 0 aliphatic heterocycles. The van der Waals surface area contributed by atoms with Crippen LogP contribution in [0.4, 0.5) is 0 Å². The predicted molar refractivity (Wildman–Crippen MR) is 140 cm³/mol. The van der Waals surface area contributed by atoms with E-state index in [4.69, 9.17) is 0 Å². The summed E-state index contributed by atoms with van der Waals surface area (Å²) >= 11 is 1.69. The fourth-order valence-corrected chi connectivity index (χ4v) is 3.69. The molecular formula is C24H29IN4OS. The number of aliphatic imine (C=N–C) groups is 1. The molecule has 0 spiro atoms. The lowest BCUT2D eigenvalue weighted by Crippen LogP contribution is -2.40. The van der Waals surface area contributed by atoms with Crippen molar-refractivity contribution in [3.05, 3.63) is 94.2 Å². The van der Waals surface area contributed by atoms with Crippen LogP contribution in [-0.4, -0.2) is 44.0 Å². The van der Waals surface area contributed by atoms with Crippen molar-refractivity contribution in [2.24, 2.45) is 4.99 Å². The number of carbonyl (C=O) groups is 1. The second-order valence-corrected chi connectivity index (χ2v) is 8.17. The van der Waals surface area contributed by atoms with Gasteiger partial charge in [-0.05, 0) is 22.6 Å². The zero-order valence-corrected chi connectivity index (χ0v) is 21.0. The zero-order chi connectivity index (χ0) is 21.2. The molecule has 0 radical (unpaired) electrons. The number of benzene rings is 2. The second kappa shape index (κ2) is 13.1. The van der Waals surface area contributed by atoms with Crippen LogP contribution in [0, 0.1) is 0 Å². The molecule has 31 heavy (non-hydrogen) atoms. The maximum atomic E-state index is 12.0. The first-order valence-corrected chi connectivity index (χ1v) is 10.9. The molecule has 1 amide bonds. The van der Waals surface area contributed by atoms with Gasteiger partial charge < -0.3 is 15.5 Å². The van der Waals surface area contributed by atoms with Crippen LogP contribution >= 0.6 is 35.3 Å². The largest absolute Gasteiger partial charge is 0.355 e. The highest BCUT2D eigenvalue weighted by Gasteiger charge is 2.15. The Kier molecular flexibility index (Phi) is 10.5. The Labute approximate surface area is 205 Å². The first kappa shape index (κ1) is 24.9. The van der Waals surface area contributed by atoms with Crippen LogP contribution in [0.5, 0.6) is 0 Å². The van der Waals surface area contributed by atoms with E-state index >= 15 is 0 Å². The minimum Gasteiger partial charge on any atom is -0.355 e. The summed E-state index contributed by atoms with van der Waals surface area (Å²) < 4.78 is 0. The lowest BCUT2D eigenvalue weighted by molar-refractivity contribution is -0.127. The fourth-order valence-electron chi connectivity index (χ4n) is 3.04. The van der Waals surface area contributed by atoms with Gasteiger partial charge in [0.05, 0.1) is 6.54 Å². The second-order valence-electron chi connectivity index (χ2n) is 7.14. The third-order valence-corrected chi connectivity index (χ3v) is 5.64. The normalized spacial score (nSPS) is 11.0. The van der Waals surface area contributed by atoms with Gasteiger partial charge in [-0.3, -0.25) is 4.79 Å². The van der Waals surface area contributed by atoms with Gasteiger partial charge >= 0.3 is 0 Å². The highest BCUT2D eigenvalue weighted by molar-refractivity contribution is 14.0. The van der Waals surface area contributed by atoms with E-state index in [2.05, 4.69) is 75.6 Å². The van der Waals surface area contributed by atoms with E-state index in [-0.39, 0.29) is 42.3 Å². The molecule has 2 aromatic carbocycles. The molecule has 2 N–H and O–H groups in total. The Bertz CT molecular complexity index is 891. The van der Waals surface area contributed by atoms with Gasteiger partial charge in [0, 0.05) is 31.4 Å². The average molecular weight is 548 g/mol. The maximum Gasteiger partial charge on any atom is 0.243 e. The standard InChI is InChI=1S/C24H28N4OS.HI/c1-28(2)23(29)18-27-24(25-16-21-14-9-15-30-21)26-17-22(19-10-5-3-6-11-19)20-12-7-4-8-13-20;/h3-15,22H,16-18H2,1-2H3,(H2,25,26,27);1H. The van der Waals surface area contributed by atoms with Crippen LogP contribution in [0.2, 0.25) is 0 Å². The summed E-state index contributed by atoms with van der Waals surface area (Å²) in [7, 11) is 3.48. The lowest BCUT2D eigenvalue weighted by atomic mass is 9.91. The number of rotatable bonds is 8. The first-order chi connectivity index (χ1) is 14.6. The Balaban J connectivity index is 0.00000341. The molecule has 7 heteroatoms. The number of likely N-dealkylation sites (N-methyl/N-ethyl adjacent to an activating group) is 1. The summed E-state index contributed by atoms with van der Waals surface area (Å²) in [6.45, 7) is 1.44. The maximum absolute atomic E-state index is 12.0. The van der Waals surface area contributed by atoms with Gasteiger partial charge in [0.25, 0.3) is 0 Å². The molecule has 0 unspecified atom stereocenters. The Morgan fingerprint density at radius 1 is 0.935 bits per heavy atom. The van der Waals surface area contributed by atoms with E-state index in [0.717, 1.165) is 0 Å². The van der Waals surface area contributed by atoms with Crippen molar-refractivity contribution in [2.75, 3.05) is 27.2 Å². The smallest absolute Gasteiger partial charge is 0.243 e. The van der Waals surface area contributed by atoms with Crippen molar-refractivity contribution in [1.82, 2.24) is 15.5 Å². The summed E-state index contributed by atoms with van der Waals surface area (Å²) in [5, 5.41) is 8.85. The van der Waals surface area contributed by atoms with Crippen LogP contribution in [0.15, 0.2) is 83.2 Å². The van der Waals surface area contributed by atoms with E-state index in [9.17, 15) is 4.79 Å². The van der Waals surface area contributed by atoms with E-state index in [1.807, 2.05) is 18.2 Å². The zero-order valence-electron chi connectivity index (χ0n) is 17.8. The van der Waals surface area contributed by atoms with Crippen LogP contribution in [0.25, 0.3) is 0 Å². The summed E-state index contributed by atoms with van der Waals surface area (Å²) in [4.78, 5) is 19.3. The van der Waals surface area contributed by atoms with Gasteiger partial charge in [0.1, 0.15) is 6.54 Å². The summed E-state index contributed by atoms with van der Waals surface area (Å²) in [5.41, 5.74) is 2.47. The van der Waals surface area contributed by atoms with Gasteiger partial charge in [-0.2, -0.15) is 0 Å². The van der Waals surface area contributed by atoms with E-state index < -0.39 is 0 Å². The van der Waals surface area contributed by atoms with Gasteiger partial charge in [-0.15, -0.1) is 35.3 Å². The SMILES string of the molecule is CN(C)C(=O)CN=C(NCc1cccs1)NCC(c1ccccc1)c1ccccc1.I. The van der Waals surface area contributed by atoms with Crippen LogP contribution < -0.4 is 10.6 Å². The summed E-state index contributed by atoms with van der Waals surface area (Å²) in [6, 6.07) is 25.0. The number of hydrogen-bond acceptors (Lipinski definition) is 3. The average Bonchev–Trinajstić information content (AvgIpc) is 3.30. The highest BCUT2D eigenvalue weighted by atomic mass is 127. The van der Waals surface area contributed by atoms with Gasteiger partial charge in [-0.1, -0.05) is 66.7 Å². The monoisotopic (exact) mass is 548 g/mol. The van der Waals surface area contributed by atoms with Crippen molar-refractivity contribution in [3.8, 4) is 0 Å². The highest BCUT2D eigenvalue weighted by Crippen LogP contribution is 2.23. The molecule has 0 aliphatic carbocycles. The van der Waals surface area contributed by atoms with Crippen LogP contribution in [0.3, 0.4) is 0 Å². The molecule has 3 rings (SSSR count). The number of carbonyl (C=O) groups excluding carboxylic acids is 1. The number of nitrogens with zero attached hydrogens (tertiary/aromatic N) is 2. The number of amides is 1.